The standard InChI is InChI=1S/C12H16ClNO/c1-9-7-12(15-2)11(8-10(9)13)14-5-3-4-6-14/h7-8H,3-6H2,1-2H3. The lowest BCUT2D eigenvalue weighted by atomic mass is 10.2. The van der Waals surface area contributed by atoms with Gasteiger partial charge in [0.1, 0.15) is 5.75 Å². The molecular weight excluding hydrogens is 210 g/mol. The molecule has 15 heavy (non-hydrogen) atoms. The van der Waals surface area contributed by atoms with E-state index in [1.54, 1.807) is 7.11 Å². The van der Waals surface area contributed by atoms with Crippen LogP contribution in [0.3, 0.4) is 0 Å². The molecule has 3 heteroatoms. The number of nitrogens with zero attached hydrogens (tertiary/aromatic N) is 1. The number of benzene rings is 1. The van der Waals surface area contributed by atoms with Crippen LogP contribution in [0.15, 0.2) is 12.1 Å². The number of methoxy groups -OCH3 is 1. The largest absolute Gasteiger partial charge is 0.495 e. The molecule has 82 valence electrons. The van der Waals surface area contributed by atoms with Crippen molar-refractivity contribution in [3.63, 3.8) is 0 Å². The molecule has 0 spiro atoms. The second-order valence-electron chi connectivity index (χ2n) is 3.97. The molecule has 1 aromatic rings. The predicted molar refractivity (Wildman–Crippen MR) is 64.2 cm³/mol. The third-order valence-electron chi connectivity index (χ3n) is 2.91. The minimum absolute atomic E-state index is 0.817. The molecule has 1 aliphatic rings. The van der Waals surface area contributed by atoms with Crippen LogP contribution in [0.5, 0.6) is 5.75 Å². The Hall–Kier alpha value is -0.890. The van der Waals surface area contributed by atoms with Crippen molar-refractivity contribution in [1.29, 1.82) is 0 Å². The Morgan fingerprint density at radius 2 is 1.93 bits per heavy atom. The van der Waals surface area contributed by atoms with Crippen LogP contribution >= 0.6 is 11.6 Å². The van der Waals surface area contributed by atoms with Crippen LogP contribution in [0, 0.1) is 6.92 Å². The Bertz CT molecular complexity index is 359. The summed E-state index contributed by atoms with van der Waals surface area (Å²) in [4.78, 5) is 2.34. The van der Waals surface area contributed by atoms with E-state index < -0.39 is 0 Å². The Morgan fingerprint density at radius 1 is 1.27 bits per heavy atom. The van der Waals surface area contributed by atoms with Gasteiger partial charge < -0.3 is 9.64 Å². The van der Waals surface area contributed by atoms with Gasteiger partial charge in [0.15, 0.2) is 0 Å². The molecule has 2 rings (SSSR count). The number of anilines is 1. The summed E-state index contributed by atoms with van der Waals surface area (Å²) in [5.74, 6) is 0.929. The Morgan fingerprint density at radius 3 is 2.53 bits per heavy atom. The second kappa shape index (κ2) is 4.31. The fraction of sp³-hybridized carbons (Fsp3) is 0.500. The minimum Gasteiger partial charge on any atom is -0.495 e. The summed E-state index contributed by atoms with van der Waals surface area (Å²) in [6.07, 6.45) is 2.52. The molecule has 1 saturated heterocycles. The lowest BCUT2D eigenvalue weighted by Crippen LogP contribution is -2.18. The van der Waals surface area contributed by atoms with E-state index in [-0.39, 0.29) is 0 Å². The van der Waals surface area contributed by atoms with Gasteiger partial charge >= 0.3 is 0 Å². The summed E-state index contributed by atoms with van der Waals surface area (Å²) < 4.78 is 5.39. The van der Waals surface area contributed by atoms with Crippen LogP contribution in [0.25, 0.3) is 0 Å². The zero-order valence-electron chi connectivity index (χ0n) is 9.22. The average molecular weight is 226 g/mol. The Kier molecular flexibility index (Phi) is 3.06. The van der Waals surface area contributed by atoms with Crippen molar-refractivity contribution in [2.75, 3.05) is 25.1 Å². The van der Waals surface area contributed by atoms with Crippen molar-refractivity contribution >= 4 is 17.3 Å². The maximum Gasteiger partial charge on any atom is 0.142 e. The molecule has 0 radical (unpaired) electrons. The number of ether oxygens (including phenoxy) is 1. The summed E-state index contributed by atoms with van der Waals surface area (Å²) in [6.45, 7) is 4.21. The van der Waals surface area contributed by atoms with E-state index in [4.69, 9.17) is 16.3 Å². The van der Waals surface area contributed by atoms with Gasteiger partial charge in [-0.1, -0.05) is 11.6 Å². The van der Waals surface area contributed by atoms with Crippen LogP contribution < -0.4 is 9.64 Å². The summed E-state index contributed by atoms with van der Waals surface area (Å²) >= 11 is 6.14. The van der Waals surface area contributed by atoms with Crippen LogP contribution in [0.2, 0.25) is 5.02 Å². The summed E-state index contributed by atoms with van der Waals surface area (Å²) in [6, 6.07) is 4.02. The summed E-state index contributed by atoms with van der Waals surface area (Å²) in [5, 5.41) is 0.817. The first kappa shape index (κ1) is 10.6. The number of aryl methyl sites for hydroxylation is 1. The second-order valence-corrected chi connectivity index (χ2v) is 4.37. The highest BCUT2D eigenvalue weighted by Gasteiger charge is 2.17. The van der Waals surface area contributed by atoms with Crippen LogP contribution in [0.4, 0.5) is 5.69 Å². The van der Waals surface area contributed by atoms with Gasteiger partial charge in [-0.2, -0.15) is 0 Å². The SMILES string of the molecule is COc1cc(C)c(Cl)cc1N1CCCC1. The van der Waals surface area contributed by atoms with Gasteiger partial charge in [0.25, 0.3) is 0 Å². The van der Waals surface area contributed by atoms with E-state index >= 15 is 0 Å². The number of hydrogen-bond acceptors (Lipinski definition) is 2. The average Bonchev–Trinajstić information content (AvgIpc) is 2.74. The lowest BCUT2D eigenvalue weighted by Gasteiger charge is -2.21. The fourth-order valence-electron chi connectivity index (χ4n) is 2.01. The van der Waals surface area contributed by atoms with Crippen molar-refractivity contribution < 1.29 is 4.74 Å². The van der Waals surface area contributed by atoms with E-state index in [1.807, 2.05) is 19.1 Å². The van der Waals surface area contributed by atoms with Crippen molar-refractivity contribution in [3.05, 3.63) is 22.7 Å². The highest BCUT2D eigenvalue weighted by molar-refractivity contribution is 6.31. The number of halogens is 1. The third-order valence-corrected chi connectivity index (χ3v) is 3.31. The topological polar surface area (TPSA) is 12.5 Å². The molecule has 0 unspecified atom stereocenters. The molecule has 0 bridgehead atoms. The predicted octanol–water partition coefficient (Wildman–Crippen LogP) is 3.26. The van der Waals surface area contributed by atoms with Crippen molar-refractivity contribution in [1.82, 2.24) is 0 Å². The van der Waals surface area contributed by atoms with Crippen LogP contribution in [-0.4, -0.2) is 20.2 Å². The van der Waals surface area contributed by atoms with Crippen molar-refractivity contribution in [2.24, 2.45) is 0 Å². The molecule has 0 atom stereocenters. The monoisotopic (exact) mass is 225 g/mol. The molecule has 1 fully saturated rings. The molecule has 1 aromatic carbocycles. The zero-order valence-corrected chi connectivity index (χ0v) is 9.97. The summed E-state index contributed by atoms with van der Waals surface area (Å²) in [5.41, 5.74) is 2.20. The fourth-order valence-corrected chi connectivity index (χ4v) is 2.17. The van der Waals surface area contributed by atoms with Gasteiger partial charge in [-0.25, -0.2) is 0 Å². The van der Waals surface area contributed by atoms with Crippen molar-refractivity contribution in [3.8, 4) is 5.75 Å². The smallest absolute Gasteiger partial charge is 0.142 e. The molecule has 1 heterocycles. The quantitative estimate of drug-likeness (QED) is 0.766. The summed E-state index contributed by atoms with van der Waals surface area (Å²) in [7, 11) is 1.71. The molecule has 1 aliphatic heterocycles. The maximum absolute atomic E-state index is 6.14. The molecular formula is C12H16ClNO. The van der Waals surface area contributed by atoms with E-state index in [0.717, 1.165) is 35.1 Å². The zero-order chi connectivity index (χ0) is 10.8. The van der Waals surface area contributed by atoms with E-state index in [0.29, 0.717) is 0 Å². The van der Waals surface area contributed by atoms with Crippen LogP contribution in [0.1, 0.15) is 18.4 Å². The normalized spacial score (nSPS) is 15.8. The van der Waals surface area contributed by atoms with E-state index in [9.17, 15) is 0 Å². The van der Waals surface area contributed by atoms with E-state index in [2.05, 4.69) is 4.90 Å². The highest BCUT2D eigenvalue weighted by atomic mass is 35.5. The van der Waals surface area contributed by atoms with Gasteiger partial charge in [-0.3, -0.25) is 0 Å². The minimum atomic E-state index is 0.817. The van der Waals surface area contributed by atoms with Crippen molar-refractivity contribution in [2.45, 2.75) is 19.8 Å². The van der Waals surface area contributed by atoms with E-state index in [1.165, 1.54) is 12.8 Å². The van der Waals surface area contributed by atoms with Gasteiger partial charge in [0.05, 0.1) is 12.8 Å². The third kappa shape index (κ3) is 2.05. The molecule has 0 amide bonds. The van der Waals surface area contributed by atoms with Gasteiger partial charge in [-0.15, -0.1) is 0 Å². The lowest BCUT2D eigenvalue weighted by molar-refractivity contribution is 0.414. The number of rotatable bonds is 2. The molecule has 0 saturated carbocycles. The Labute approximate surface area is 95.8 Å². The molecule has 0 aliphatic carbocycles. The first-order valence-corrected chi connectivity index (χ1v) is 5.69. The molecule has 0 aromatic heterocycles. The number of hydrogen-bond donors (Lipinski definition) is 0. The maximum atomic E-state index is 6.14. The highest BCUT2D eigenvalue weighted by Crippen LogP contribution is 2.35. The van der Waals surface area contributed by atoms with Gasteiger partial charge in [0.2, 0.25) is 0 Å². The molecule has 2 nitrogen and oxygen atoms in total. The van der Waals surface area contributed by atoms with Gasteiger partial charge in [0, 0.05) is 18.1 Å². The Balaban J connectivity index is 2.39. The first-order valence-electron chi connectivity index (χ1n) is 5.31. The van der Waals surface area contributed by atoms with Crippen LogP contribution in [-0.2, 0) is 0 Å². The first-order chi connectivity index (χ1) is 7.22. The molecule has 0 N–H and O–H groups in total. The van der Waals surface area contributed by atoms with Gasteiger partial charge in [-0.05, 0) is 37.5 Å².